The monoisotopic (exact) mass is 320 g/mol. The largest absolute Gasteiger partial charge is 0.497 e. The molecule has 3 rings (SSSR count). The van der Waals surface area contributed by atoms with Crippen molar-refractivity contribution in [1.82, 2.24) is 0 Å². The Kier molecular flexibility index (Phi) is 4.65. The molecule has 0 fully saturated rings. The van der Waals surface area contributed by atoms with Crippen molar-refractivity contribution in [1.29, 1.82) is 0 Å². The average molecular weight is 320 g/mol. The molecule has 0 aliphatic heterocycles. The van der Waals surface area contributed by atoms with Crippen molar-refractivity contribution in [2.24, 2.45) is 0 Å². The summed E-state index contributed by atoms with van der Waals surface area (Å²) in [5, 5.41) is 21.0. The quantitative estimate of drug-likeness (QED) is 0.704. The van der Waals surface area contributed by atoms with E-state index in [1.165, 1.54) is 0 Å². The van der Waals surface area contributed by atoms with Crippen LogP contribution in [-0.4, -0.2) is 17.3 Å². The van der Waals surface area contributed by atoms with Crippen LogP contribution in [-0.2, 0) is 12.2 Å². The molecule has 3 aromatic rings. The van der Waals surface area contributed by atoms with Crippen LogP contribution in [0.4, 0.5) is 0 Å². The number of hydrogen-bond donors (Lipinski definition) is 2. The minimum Gasteiger partial charge on any atom is -0.497 e. The topological polar surface area (TPSA) is 49.7 Å². The van der Waals surface area contributed by atoms with E-state index in [0.717, 1.165) is 16.7 Å². The second-order valence-electron chi connectivity index (χ2n) is 5.79. The fraction of sp³-hybridized carbons (Fsp3) is 0.143. The molecule has 0 unspecified atom stereocenters. The Morgan fingerprint density at radius 3 is 2.25 bits per heavy atom. The molecule has 0 saturated carbocycles. The number of benzene rings is 3. The third-order valence-corrected chi connectivity index (χ3v) is 4.02. The summed E-state index contributed by atoms with van der Waals surface area (Å²) in [6.45, 7) is 0. The van der Waals surface area contributed by atoms with Gasteiger partial charge in [-0.05, 0) is 28.8 Å². The standard InChI is InChI=1S/C21H20O3/c1-24-20-12-6-11-19(14-20)21(22,23)15-16-7-5-10-18(13-16)17-8-3-2-4-9-17/h2-14,22-23H,15H2,1H3. The van der Waals surface area contributed by atoms with Gasteiger partial charge in [-0.1, -0.05) is 66.7 Å². The summed E-state index contributed by atoms with van der Waals surface area (Å²) in [5.74, 6) is -1.36. The molecule has 3 heteroatoms. The van der Waals surface area contributed by atoms with Gasteiger partial charge in [-0.25, -0.2) is 0 Å². The van der Waals surface area contributed by atoms with Gasteiger partial charge in [0.15, 0.2) is 5.79 Å². The van der Waals surface area contributed by atoms with Gasteiger partial charge in [0.25, 0.3) is 0 Å². The molecule has 24 heavy (non-hydrogen) atoms. The molecule has 0 radical (unpaired) electrons. The summed E-state index contributed by atoms with van der Waals surface area (Å²) in [4.78, 5) is 0. The van der Waals surface area contributed by atoms with E-state index in [1.54, 1.807) is 31.4 Å². The summed E-state index contributed by atoms with van der Waals surface area (Å²) >= 11 is 0. The second-order valence-corrected chi connectivity index (χ2v) is 5.79. The summed E-state index contributed by atoms with van der Waals surface area (Å²) in [5.41, 5.74) is 3.41. The van der Waals surface area contributed by atoms with Crippen molar-refractivity contribution in [3.63, 3.8) is 0 Å². The summed E-state index contributed by atoms with van der Waals surface area (Å²) in [6, 6.07) is 24.7. The van der Waals surface area contributed by atoms with Crippen molar-refractivity contribution >= 4 is 0 Å². The second kappa shape index (κ2) is 6.87. The van der Waals surface area contributed by atoms with Crippen LogP contribution in [0.2, 0.25) is 0 Å². The molecule has 3 aromatic carbocycles. The molecule has 0 heterocycles. The Labute approximate surface area is 141 Å². The molecule has 0 spiro atoms. The third kappa shape index (κ3) is 3.65. The Balaban J connectivity index is 1.87. The van der Waals surface area contributed by atoms with Gasteiger partial charge in [0.2, 0.25) is 0 Å². The molecular formula is C21H20O3. The number of methoxy groups -OCH3 is 1. The van der Waals surface area contributed by atoms with Crippen molar-refractivity contribution in [3.05, 3.63) is 90.0 Å². The lowest BCUT2D eigenvalue weighted by molar-refractivity contribution is -0.168. The smallest absolute Gasteiger partial charge is 0.194 e. The van der Waals surface area contributed by atoms with Gasteiger partial charge >= 0.3 is 0 Å². The Morgan fingerprint density at radius 2 is 1.50 bits per heavy atom. The molecule has 3 nitrogen and oxygen atoms in total. The van der Waals surface area contributed by atoms with E-state index in [2.05, 4.69) is 0 Å². The number of aliphatic hydroxyl groups is 2. The molecule has 0 aromatic heterocycles. The summed E-state index contributed by atoms with van der Waals surface area (Å²) < 4.78 is 5.15. The van der Waals surface area contributed by atoms with Crippen LogP contribution >= 0.6 is 0 Å². The third-order valence-electron chi connectivity index (χ3n) is 4.02. The Hall–Kier alpha value is -2.62. The highest BCUT2D eigenvalue weighted by molar-refractivity contribution is 5.64. The first kappa shape index (κ1) is 16.2. The van der Waals surface area contributed by atoms with Crippen molar-refractivity contribution in [2.75, 3.05) is 7.11 Å². The van der Waals surface area contributed by atoms with Crippen molar-refractivity contribution in [3.8, 4) is 16.9 Å². The molecule has 0 aliphatic carbocycles. The fourth-order valence-corrected chi connectivity index (χ4v) is 2.75. The maximum atomic E-state index is 10.5. The van der Waals surface area contributed by atoms with Gasteiger partial charge in [0.05, 0.1) is 7.11 Å². The van der Waals surface area contributed by atoms with Crippen LogP contribution < -0.4 is 4.74 Å². The van der Waals surface area contributed by atoms with Crippen LogP contribution in [0.1, 0.15) is 11.1 Å². The molecule has 0 aliphatic rings. The fourth-order valence-electron chi connectivity index (χ4n) is 2.75. The van der Waals surface area contributed by atoms with Gasteiger partial charge in [-0.2, -0.15) is 0 Å². The van der Waals surface area contributed by atoms with E-state index < -0.39 is 5.79 Å². The van der Waals surface area contributed by atoms with Crippen molar-refractivity contribution in [2.45, 2.75) is 12.2 Å². The van der Waals surface area contributed by atoms with E-state index in [0.29, 0.717) is 11.3 Å². The highest BCUT2D eigenvalue weighted by Crippen LogP contribution is 2.28. The number of rotatable bonds is 5. The van der Waals surface area contributed by atoms with E-state index in [1.807, 2.05) is 54.6 Å². The van der Waals surface area contributed by atoms with E-state index in [9.17, 15) is 10.2 Å². The van der Waals surface area contributed by atoms with Gasteiger partial charge in [-0.15, -0.1) is 0 Å². The van der Waals surface area contributed by atoms with Crippen LogP contribution in [0.15, 0.2) is 78.9 Å². The zero-order chi connectivity index (χ0) is 17.0. The van der Waals surface area contributed by atoms with Crippen LogP contribution in [0.25, 0.3) is 11.1 Å². The molecular weight excluding hydrogens is 300 g/mol. The molecule has 0 bridgehead atoms. The average Bonchev–Trinajstić information content (AvgIpc) is 2.62. The Morgan fingerprint density at radius 1 is 0.792 bits per heavy atom. The van der Waals surface area contributed by atoms with Gasteiger partial charge in [0, 0.05) is 12.0 Å². The van der Waals surface area contributed by atoms with E-state index >= 15 is 0 Å². The lowest BCUT2D eigenvalue weighted by Gasteiger charge is -2.23. The lowest BCUT2D eigenvalue weighted by Crippen LogP contribution is -2.27. The Bertz CT molecular complexity index is 810. The van der Waals surface area contributed by atoms with Crippen LogP contribution in [0.5, 0.6) is 5.75 Å². The highest BCUT2D eigenvalue weighted by atomic mass is 16.5. The van der Waals surface area contributed by atoms with Gasteiger partial charge < -0.3 is 14.9 Å². The zero-order valence-corrected chi connectivity index (χ0v) is 13.5. The zero-order valence-electron chi connectivity index (χ0n) is 13.5. The van der Waals surface area contributed by atoms with E-state index in [-0.39, 0.29) is 6.42 Å². The lowest BCUT2D eigenvalue weighted by atomic mass is 9.95. The number of ether oxygens (including phenoxy) is 1. The highest BCUT2D eigenvalue weighted by Gasteiger charge is 2.26. The maximum Gasteiger partial charge on any atom is 0.194 e. The molecule has 0 saturated heterocycles. The minimum absolute atomic E-state index is 0.0981. The number of hydrogen-bond acceptors (Lipinski definition) is 3. The van der Waals surface area contributed by atoms with E-state index in [4.69, 9.17) is 4.74 Å². The first-order chi connectivity index (χ1) is 11.6. The predicted molar refractivity (Wildman–Crippen MR) is 94.7 cm³/mol. The summed E-state index contributed by atoms with van der Waals surface area (Å²) in [6.07, 6.45) is 0.0981. The molecule has 2 N–H and O–H groups in total. The van der Waals surface area contributed by atoms with Gasteiger partial charge in [-0.3, -0.25) is 0 Å². The molecule has 0 amide bonds. The normalized spacial score (nSPS) is 11.3. The first-order valence-corrected chi connectivity index (χ1v) is 7.82. The SMILES string of the molecule is COc1cccc(C(O)(O)Cc2cccc(-c3ccccc3)c2)c1. The van der Waals surface area contributed by atoms with Crippen LogP contribution in [0.3, 0.4) is 0 Å². The molecule has 122 valence electrons. The summed E-state index contributed by atoms with van der Waals surface area (Å²) in [7, 11) is 1.55. The van der Waals surface area contributed by atoms with Crippen LogP contribution in [0, 0.1) is 0 Å². The minimum atomic E-state index is -1.95. The van der Waals surface area contributed by atoms with Gasteiger partial charge in [0.1, 0.15) is 5.75 Å². The first-order valence-electron chi connectivity index (χ1n) is 7.82. The maximum absolute atomic E-state index is 10.5. The predicted octanol–water partition coefficient (Wildman–Crippen LogP) is 3.74. The van der Waals surface area contributed by atoms with Crippen molar-refractivity contribution < 1.29 is 14.9 Å². The molecule has 0 atom stereocenters.